The van der Waals surface area contributed by atoms with E-state index >= 15 is 0 Å². The zero-order chi connectivity index (χ0) is 22.8. The molecule has 168 valence electrons. The van der Waals surface area contributed by atoms with Gasteiger partial charge < -0.3 is 27.0 Å². The molecule has 1 aliphatic carbocycles. The number of carbonyl (C=O) groups is 1. The molecule has 1 saturated carbocycles. The minimum absolute atomic E-state index is 0.0379. The van der Waals surface area contributed by atoms with Crippen LogP contribution in [-0.2, 0) is 0 Å². The Morgan fingerprint density at radius 1 is 1.16 bits per heavy atom. The number of rotatable bonds is 6. The van der Waals surface area contributed by atoms with Crippen LogP contribution in [0.25, 0.3) is 10.9 Å². The first kappa shape index (κ1) is 21.8. The first-order valence-electron chi connectivity index (χ1n) is 10.7. The largest absolute Gasteiger partial charge is 0.378 e. The summed E-state index contributed by atoms with van der Waals surface area (Å²) in [4.78, 5) is 22.8. The molecular formula is C23H28FN7O. The number of halogens is 1. The van der Waals surface area contributed by atoms with Gasteiger partial charge in [0.2, 0.25) is 0 Å². The van der Waals surface area contributed by atoms with E-state index in [0.29, 0.717) is 5.69 Å². The first-order chi connectivity index (χ1) is 15.3. The van der Waals surface area contributed by atoms with E-state index in [2.05, 4.69) is 20.6 Å². The number of hydrogen-bond donors (Lipinski definition) is 4. The number of hydrogen-bond acceptors (Lipinski definition) is 7. The molecule has 1 aromatic carbocycles. The molecule has 0 aliphatic heterocycles. The Labute approximate surface area is 186 Å². The molecule has 2 heterocycles. The van der Waals surface area contributed by atoms with Crippen molar-refractivity contribution < 1.29 is 9.18 Å². The van der Waals surface area contributed by atoms with Crippen molar-refractivity contribution in [3.8, 4) is 0 Å². The van der Waals surface area contributed by atoms with Gasteiger partial charge in [-0.25, -0.2) is 9.37 Å². The quantitative estimate of drug-likeness (QED) is 0.466. The van der Waals surface area contributed by atoms with E-state index in [1.807, 2.05) is 43.3 Å². The van der Waals surface area contributed by atoms with Gasteiger partial charge in [0.05, 0.1) is 23.0 Å². The molecule has 0 saturated heterocycles. The zero-order valence-corrected chi connectivity index (χ0v) is 18.2. The highest BCUT2D eigenvalue weighted by atomic mass is 19.1. The van der Waals surface area contributed by atoms with E-state index in [4.69, 9.17) is 11.5 Å². The highest BCUT2D eigenvalue weighted by Gasteiger charge is 2.24. The Balaban J connectivity index is 1.65. The minimum atomic E-state index is -0.774. The lowest BCUT2D eigenvalue weighted by Crippen LogP contribution is -2.43. The molecule has 32 heavy (non-hydrogen) atoms. The molecule has 0 spiro atoms. The zero-order valence-electron chi connectivity index (χ0n) is 18.2. The molecular weight excluding hydrogens is 409 g/mol. The lowest BCUT2D eigenvalue weighted by atomic mass is 9.91. The van der Waals surface area contributed by atoms with Crippen molar-refractivity contribution in [1.29, 1.82) is 0 Å². The van der Waals surface area contributed by atoms with Crippen molar-refractivity contribution in [2.24, 2.45) is 11.5 Å². The number of primary amides is 1. The van der Waals surface area contributed by atoms with Crippen LogP contribution in [0.5, 0.6) is 0 Å². The second-order valence-corrected chi connectivity index (χ2v) is 8.40. The maximum atomic E-state index is 14.7. The number of pyridine rings is 2. The maximum absolute atomic E-state index is 14.7. The van der Waals surface area contributed by atoms with Gasteiger partial charge in [-0.1, -0.05) is 18.9 Å². The van der Waals surface area contributed by atoms with Crippen LogP contribution < -0.4 is 27.0 Å². The molecule has 8 nitrogen and oxygen atoms in total. The topological polar surface area (TPSA) is 122 Å². The number of aromatic nitrogens is 2. The van der Waals surface area contributed by atoms with Crippen LogP contribution in [0, 0.1) is 5.82 Å². The Morgan fingerprint density at radius 3 is 2.66 bits per heavy atom. The summed E-state index contributed by atoms with van der Waals surface area (Å²) in [6.07, 6.45) is 5.44. The normalized spacial score (nSPS) is 18.4. The summed E-state index contributed by atoms with van der Waals surface area (Å²) in [5.41, 5.74) is 14.1. The average molecular weight is 438 g/mol. The van der Waals surface area contributed by atoms with Crippen LogP contribution in [0.3, 0.4) is 0 Å². The molecule has 3 aromatic rings. The van der Waals surface area contributed by atoms with Crippen molar-refractivity contribution in [2.75, 3.05) is 29.6 Å². The predicted molar refractivity (Wildman–Crippen MR) is 126 cm³/mol. The monoisotopic (exact) mass is 437 g/mol. The molecule has 1 fully saturated rings. The van der Waals surface area contributed by atoms with E-state index in [1.54, 1.807) is 6.20 Å². The first-order valence-corrected chi connectivity index (χ1v) is 10.7. The minimum Gasteiger partial charge on any atom is -0.378 e. The fourth-order valence-corrected chi connectivity index (χ4v) is 3.98. The van der Waals surface area contributed by atoms with Crippen LogP contribution in [0.15, 0.2) is 36.5 Å². The highest BCUT2D eigenvalue weighted by Crippen LogP contribution is 2.28. The Morgan fingerprint density at radius 2 is 1.94 bits per heavy atom. The second-order valence-electron chi connectivity index (χ2n) is 8.40. The number of nitrogens with one attached hydrogen (secondary N) is 2. The van der Waals surface area contributed by atoms with Crippen molar-refractivity contribution >= 4 is 39.8 Å². The molecule has 2 aromatic heterocycles. The second kappa shape index (κ2) is 8.96. The number of nitrogens with zero attached hydrogens (tertiary/aromatic N) is 3. The molecule has 1 aliphatic rings. The molecule has 0 radical (unpaired) electrons. The standard InChI is InChI=1S/C23H28FN7O/c1-31(2)15-8-7-13-9-14(12-27-20(13)10-15)28-22-16(21(26)32)11-17(24)23(30-22)29-19-6-4-3-5-18(19)25/h7-12,18-19H,3-6,25H2,1-2H3,(H2,26,32)(H2,28,29,30)/t18-,19+/m0/s1. The lowest BCUT2D eigenvalue weighted by molar-refractivity contribution is 0.100. The van der Waals surface area contributed by atoms with Gasteiger partial charge in [0.1, 0.15) is 5.82 Å². The number of amides is 1. The van der Waals surface area contributed by atoms with Crippen molar-refractivity contribution in [3.05, 3.63) is 47.9 Å². The van der Waals surface area contributed by atoms with E-state index in [1.165, 1.54) is 0 Å². The summed E-state index contributed by atoms with van der Waals surface area (Å²) in [5.74, 6) is -1.21. The van der Waals surface area contributed by atoms with Gasteiger partial charge in [-0.05, 0) is 37.1 Å². The van der Waals surface area contributed by atoms with Crippen LogP contribution in [0.1, 0.15) is 36.0 Å². The number of nitrogens with two attached hydrogens (primary N) is 2. The van der Waals surface area contributed by atoms with Crippen LogP contribution >= 0.6 is 0 Å². The van der Waals surface area contributed by atoms with Gasteiger partial charge in [-0.2, -0.15) is 0 Å². The summed E-state index contributed by atoms with van der Waals surface area (Å²) < 4.78 is 14.7. The fourth-order valence-electron chi connectivity index (χ4n) is 3.98. The Bertz CT molecular complexity index is 1150. The summed E-state index contributed by atoms with van der Waals surface area (Å²) in [7, 11) is 3.93. The van der Waals surface area contributed by atoms with Gasteiger partial charge in [0, 0.05) is 37.3 Å². The Hall–Kier alpha value is -3.46. The Kier molecular flexibility index (Phi) is 6.09. The van der Waals surface area contributed by atoms with Gasteiger partial charge >= 0.3 is 0 Å². The average Bonchev–Trinajstić information content (AvgIpc) is 2.76. The molecule has 1 amide bonds. The van der Waals surface area contributed by atoms with Crippen molar-refractivity contribution in [1.82, 2.24) is 9.97 Å². The molecule has 9 heteroatoms. The molecule has 0 bridgehead atoms. The van der Waals surface area contributed by atoms with Crippen LogP contribution in [0.2, 0.25) is 0 Å². The summed E-state index contributed by atoms with van der Waals surface area (Å²) in [6, 6.07) is 8.79. The molecule has 4 rings (SSSR count). The number of benzene rings is 1. The third kappa shape index (κ3) is 4.57. The molecule has 0 unspecified atom stereocenters. The number of anilines is 4. The fraction of sp³-hybridized carbons (Fsp3) is 0.348. The van der Waals surface area contributed by atoms with E-state index < -0.39 is 11.7 Å². The predicted octanol–water partition coefficient (Wildman–Crippen LogP) is 3.36. The molecule has 2 atom stereocenters. The van der Waals surface area contributed by atoms with Gasteiger partial charge in [0.15, 0.2) is 11.6 Å². The van der Waals surface area contributed by atoms with Crippen LogP contribution in [-0.4, -0.2) is 42.1 Å². The summed E-state index contributed by atoms with van der Waals surface area (Å²) in [6.45, 7) is 0. The third-order valence-corrected chi connectivity index (χ3v) is 5.83. The summed E-state index contributed by atoms with van der Waals surface area (Å²) >= 11 is 0. The summed E-state index contributed by atoms with van der Waals surface area (Å²) in [5, 5.41) is 7.10. The van der Waals surface area contributed by atoms with Crippen molar-refractivity contribution in [3.63, 3.8) is 0 Å². The van der Waals surface area contributed by atoms with E-state index in [0.717, 1.165) is 48.3 Å². The lowest BCUT2D eigenvalue weighted by Gasteiger charge is -2.30. The highest BCUT2D eigenvalue weighted by molar-refractivity contribution is 5.99. The van der Waals surface area contributed by atoms with E-state index in [-0.39, 0.29) is 29.3 Å². The molecule has 6 N–H and O–H groups in total. The smallest absolute Gasteiger partial charge is 0.252 e. The van der Waals surface area contributed by atoms with Crippen molar-refractivity contribution in [2.45, 2.75) is 37.8 Å². The SMILES string of the molecule is CN(C)c1ccc2cc(Nc3nc(N[C@@H]4CCCC[C@@H]4N)c(F)cc3C(N)=O)cnc2c1. The number of fused-ring (bicyclic) bond motifs is 1. The maximum Gasteiger partial charge on any atom is 0.252 e. The number of carbonyl (C=O) groups excluding carboxylic acids is 1. The van der Waals surface area contributed by atoms with Gasteiger partial charge in [0.25, 0.3) is 5.91 Å². The van der Waals surface area contributed by atoms with Crippen LogP contribution in [0.4, 0.5) is 27.4 Å². The van der Waals surface area contributed by atoms with Gasteiger partial charge in [-0.15, -0.1) is 0 Å². The van der Waals surface area contributed by atoms with Gasteiger partial charge in [-0.3, -0.25) is 9.78 Å². The van der Waals surface area contributed by atoms with E-state index in [9.17, 15) is 9.18 Å². The third-order valence-electron chi connectivity index (χ3n) is 5.83.